The zero-order valence-corrected chi connectivity index (χ0v) is 12.9. The summed E-state index contributed by atoms with van der Waals surface area (Å²) in [6, 6.07) is 10.6. The van der Waals surface area contributed by atoms with Crippen LogP contribution < -0.4 is 0 Å². The molecule has 0 unspecified atom stereocenters. The predicted molar refractivity (Wildman–Crippen MR) is 82.7 cm³/mol. The van der Waals surface area contributed by atoms with E-state index in [-0.39, 0.29) is 5.54 Å². The van der Waals surface area contributed by atoms with Crippen LogP contribution in [0.2, 0.25) is 0 Å². The second-order valence-corrected chi connectivity index (χ2v) is 6.26. The van der Waals surface area contributed by atoms with Crippen LogP contribution in [-0.2, 0) is 11.3 Å². The molecule has 20 heavy (non-hydrogen) atoms. The number of carbonyl (C=O) groups excluding carboxylic acids is 1. The maximum Gasteiger partial charge on any atom is 0.131 e. The largest absolute Gasteiger partial charge is 0.303 e. The Morgan fingerprint density at radius 1 is 1.20 bits per heavy atom. The Hall–Kier alpha value is -1.19. The molecule has 1 heterocycles. The van der Waals surface area contributed by atoms with E-state index in [0.717, 1.165) is 32.5 Å². The first kappa shape index (κ1) is 15.2. The minimum absolute atomic E-state index is 0.0685. The van der Waals surface area contributed by atoms with E-state index in [9.17, 15) is 4.79 Å². The van der Waals surface area contributed by atoms with Crippen LogP contribution in [0, 0.1) is 0 Å². The van der Waals surface area contributed by atoms with Crippen molar-refractivity contribution in [2.24, 2.45) is 0 Å². The fourth-order valence-corrected chi connectivity index (χ4v) is 3.21. The molecule has 0 bridgehead atoms. The molecule has 0 atom stereocenters. The number of carbonyl (C=O) groups is 1. The van der Waals surface area contributed by atoms with E-state index < -0.39 is 0 Å². The molecule has 1 aliphatic rings. The molecule has 3 heteroatoms. The van der Waals surface area contributed by atoms with Crippen LogP contribution in [0.25, 0.3) is 0 Å². The van der Waals surface area contributed by atoms with E-state index in [1.807, 2.05) is 0 Å². The molecule has 0 N–H and O–H groups in total. The summed E-state index contributed by atoms with van der Waals surface area (Å²) >= 11 is 0. The minimum atomic E-state index is 0.0685. The summed E-state index contributed by atoms with van der Waals surface area (Å²) in [6.45, 7) is 4.87. The summed E-state index contributed by atoms with van der Waals surface area (Å²) in [5.41, 5.74) is 1.44. The number of rotatable bonds is 5. The molecule has 1 aromatic rings. The van der Waals surface area contributed by atoms with Crippen molar-refractivity contribution in [3.63, 3.8) is 0 Å². The normalized spacial score (nSPS) is 19.2. The fourth-order valence-electron chi connectivity index (χ4n) is 3.21. The minimum Gasteiger partial charge on any atom is -0.303 e. The van der Waals surface area contributed by atoms with E-state index in [2.05, 4.69) is 54.2 Å². The van der Waals surface area contributed by atoms with Crippen LogP contribution in [0.3, 0.4) is 0 Å². The quantitative estimate of drug-likeness (QED) is 0.824. The van der Waals surface area contributed by atoms with Gasteiger partial charge in [0.05, 0.1) is 0 Å². The SMILES string of the molecule is CC(=O)CC1(N(C)C)CCN(Cc2ccccc2)CC1. The van der Waals surface area contributed by atoms with Crippen molar-refractivity contribution in [1.29, 1.82) is 0 Å². The van der Waals surface area contributed by atoms with Crippen LogP contribution in [0.5, 0.6) is 0 Å². The molecule has 0 spiro atoms. The third-order valence-corrected chi connectivity index (χ3v) is 4.56. The van der Waals surface area contributed by atoms with Gasteiger partial charge in [0.15, 0.2) is 0 Å². The second kappa shape index (κ2) is 6.51. The summed E-state index contributed by atoms with van der Waals surface area (Å²) in [5.74, 6) is 0.301. The van der Waals surface area contributed by atoms with Crippen LogP contribution in [-0.4, -0.2) is 48.3 Å². The highest BCUT2D eigenvalue weighted by Gasteiger charge is 2.37. The lowest BCUT2D eigenvalue weighted by Crippen LogP contribution is -2.53. The molecule has 0 saturated carbocycles. The Balaban J connectivity index is 1.95. The van der Waals surface area contributed by atoms with Crippen LogP contribution >= 0.6 is 0 Å². The number of likely N-dealkylation sites (tertiary alicyclic amines) is 1. The van der Waals surface area contributed by atoms with Gasteiger partial charge in [0.1, 0.15) is 5.78 Å². The van der Waals surface area contributed by atoms with Gasteiger partial charge in [0, 0.05) is 31.6 Å². The first-order chi connectivity index (χ1) is 9.52. The number of hydrogen-bond acceptors (Lipinski definition) is 3. The molecule has 0 aromatic heterocycles. The monoisotopic (exact) mass is 274 g/mol. The third kappa shape index (κ3) is 3.68. The summed E-state index contributed by atoms with van der Waals surface area (Å²) in [5, 5.41) is 0. The van der Waals surface area contributed by atoms with Crippen molar-refractivity contribution in [3.8, 4) is 0 Å². The van der Waals surface area contributed by atoms with Gasteiger partial charge in [-0.25, -0.2) is 0 Å². The van der Waals surface area contributed by atoms with E-state index in [1.54, 1.807) is 6.92 Å². The summed E-state index contributed by atoms with van der Waals surface area (Å²) in [4.78, 5) is 16.3. The van der Waals surface area contributed by atoms with E-state index in [0.29, 0.717) is 12.2 Å². The number of piperidine rings is 1. The van der Waals surface area contributed by atoms with Crippen LogP contribution in [0.15, 0.2) is 30.3 Å². The molecule has 3 nitrogen and oxygen atoms in total. The molecule has 1 aromatic carbocycles. The molecule has 0 aliphatic carbocycles. The first-order valence-corrected chi connectivity index (χ1v) is 7.45. The molecule has 0 radical (unpaired) electrons. The molecule has 1 fully saturated rings. The highest BCUT2D eigenvalue weighted by molar-refractivity contribution is 5.76. The lowest BCUT2D eigenvalue weighted by Gasteiger charge is -2.46. The standard InChI is InChI=1S/C17H26N2O/c1-15(20)13-17(18(2)3)9-11-19(12-10-17)14-16-7-5-4-6-8-16/h4-8H,9-14H2,1-3H3. The first-order valence-electron chi connectivity index (χ1n) is 7.45. The van der Waals surface area contributed by atoms with Gasteiger partial charge in [0.25, 0.3) is 0 Å². The number of nitrogens with zero attached hydrogens (tertiary/aromatic N) is 2. The van der Waals surface area contributed by atoms with Crippen molar-refractivity contribution >= 4 is 5.78 Å². The van der Waals surface area contributed by atoms with Gasteiger partial charge < -0.3 is 4.90 Å². The molecule has 1 saturated heterocycles. The van der Waals surface area contributed by atoms with Crippen molar-refractivity contribution in [3.05, 3.63) is 35.9 Å². The van der Waals surface area contributed by atoms with E-state index in [4.69, 9.17) is 0 Å². The van der Waals surface area contributed by atoms with Gasteiger partial charge in [0.2, 0.25) is 0 Å². The highest BCUT2D eigenvalue weighted by atomic mass is 16.1. The van der Waals surface area contributed by atoms with Crippen molar-refractivity contribution < 1.29 is 4.79 Å². The summed E-state index contributed by atoms with van der Waals surface area (Å²) in [7, 11) is 4.21. The van der Waals surface area contributed by atoms with Crippen molar-refractivity contribution in [2.45, 2.75) is 38.3 Å². The molecule has 0 amide bonds. The number of benzene rings is 1. The number of hydrogen-bond donors (Lipinski definition) is 0. The van der Waals surface area contributed by atoms with Gasteiger partial charge in [-0.2, -0.15) is 0 Å². The third-order valence-electron chi connectivity index (χ3n) is 4.56. The Morgan fingerprint density at radius 2 is 1.80 bits per heavy atom. The molecule has 110 valence electrons. The lowest BCUT2D eigenvalue weighted by molar-refractivity contribution is -0.120. The molecule has 2 rings (SSSR count). The molecular formula is C17H26N2O. The summed E-state index contributed by atoms with van der Waals surface area (Å²) < 4.78 is 0. The van der Waals surface area contributed by atoms with Gasteiger partial charge in [-0.05, 0) is 39.4 Å². The highest BCUT2D eigenvalue weighted by Crippen LogP contribution is 2.31. The Morgan fingerprint density at radius 3 is 2.30 bits per heavy atom. The smallest absolute Gasteiger partial charge is 0.131 e. The van der Waals surface area contributed by atoms with Crippen molar-refractivity contribution in [1.82, 2.24) is 9.80 Å². The topological polar surface area (TPSA) is 23.6 Å². The average Bonchev–Trinajstić information content (AvgIpc) is 2.41. The van der Waals surface area contributed by atoms with Crippen LogP contribution in [0.4, 0.5) is 0 Å². The Labute approximate surface area is 122 Å². The summed E-state index contributed by atoms with van der Waals surface area (Å²) in [6.07, 6.45) is 2.83. The molecule has 1 aliphatic heterocycles. The fraction of sp³-hybridized carbons (Fsp3) is 0.588. The zero-order valence-electron chi connectivity index (χ0n) is 12.9. The Bertz CT molecular complexity index is 434. The van der Waals surface area contributed by atoms with Gasteiger partial charge in [-0.3, -0.25) is 9.69 Å². The van der Waals surface area contributed by atoms with Gasteiger partial charge in [-0.15, -0.1) is 0 Å². The van der Waals surface area contributed by atoms with Gasteiger partial charge >= 0.3 is 0 Å². The maximum atomic E-state index is 11.6. The number of Topliss-reactive ketones (excluding diaryl/α,β-unsaturated/α-hetero) is 1. The number of ketones is 1. The average molecular weight is 274 g/mol. The zero-order chi connectivity index (χ0) is 14.6. The van der Waals surface area contributed by atoms with Gasteiger partial charge in [-0.1, -0.05) is 30.3 Å². The molecular weight excluding hydrogens is 248 g/mol. The predicted octanol–water partition coefficient (Wildman–Crippen LogP) is 2.56. The maximum absolute atomic E-state index is 11.6. The van der Waals surface area contributed by atoms with E-state index in [1.165, 1.54) is 5.56 Å². The van der Waals surface area contributed by atoms with Crippen molar-refractivity contribution in [2.75, 3.05) is 27.2 Å². The van der Waals surface area contributed by atoms with Crippen LogP contribution in [0.1, 0.15) is 31.7 Å². The Kier molecular flexibility index (Phi) is 4.95. The van der Waals surface area contributed by atoms with E-state index >= 15 is 0 Å². The second-order valence-electron chi connectivity index (χ2n) is 6.26. The lowest BCUT2D eigenvalue weighted by atomic mass is 9.82.